The van der Waals surface area contributed by atoms with Gasteiger partial charge in [-0.3, -0.25) is 4.98 Å². The Morgan fingerprint density at radius 1 is 1.24 bits per heavy atom. The van der Waals surface area contributed by atoms with E-state index in [1.54, 1.807) is 12.3 Å². The minimum absolute atomic E-state index is 0.0984. The van der Waals surface area contributed by atoms with Crippen LogP contribution < -0.4 is 0 Å². The van der Waals surface area contributed by atoms with Gasteiger partial charge in [0.05, 0.1) is 17.7 Å². The second-order valence-corrected chi connectivity index (χ2v) is 7.20. The number of hydrogen-bond acceptors (Lipinski definition) is 5. The maximum absolute atomic E-state index is 12.7. The lowest BCUT2D eigenvalue weighted by Gasteiger charge is -2.16. The highest BCUT2D eigenvalue weighted by molar-refractivity contribution is 7.89. The van der Waals surface area contributed by atoms with Crippen molar-refractivity contribution in [3.63, 3.8) is 0 Å². The van der Waals surface area contributed by atoms with E-state index in [1.165, 1.54) is 6.07 Å². The highest BCUT2D eigenvalue weighted by Gasteiger charge is 2.38. The molecular formula is C14H16N2O4S. The molecule has 0 radical (unpaired) electrons. The van der Waals surface area contributed by atoms with Crippen molar-refractivity contribution in [2.75, 3.05) is 13.1 Å². The molecule has 0 amide bonds. The van der Waals surface area contributed by atoms with Gasteiger partial charge in [0, 0.05) is 24.7 Å². The molecule has 7 heteroatoms. The number of rotatable bonds is 2. The second-order valence-electron chi connectivity index (χ2n) is 5.30. The predicted molar refractivity (Wildman–Crippen MR) is 77.3 cm³/mol. The van der Waals surface area contributed by atoms with Gasteiger partial charge >= 0.3 is 0 Å². The molecule has 112 valence electrons. The Morgan fingerprint density at radius 3 is 2.57 bits per heavy atom. The van der Waals surface area contributed by atoms with Crippen molar-refractivity contribution in [3.05, 3.63) is 36.0 Å². The molecule has 1 aliphatic heterocycles. The Balaban J connectivity index is 2.12. The van der Waals surface area contributed by atoms with Crippen molar-refractivity contribution in [3.8, 4) is 0 Å². The van der Waals surface area contributed by atoms with Crippen LogP contribution in [0.25, 0.3) is 10.9 Å². The molecule has 3 rings (SSSR count). The maximum atomic E-state index is 12.7. The first-order chi connectivity index (χ1) is 9.89. The lowest BCUT2D eigenvalue weighted by atomic mass is 10.2. The zero-order valence-corrected chi connectivity index (χ0v) is 12.3. The fourth-order valence-electron chi connectivity index (χ4n) is 2.52. The van der Waals surface area contributed by atoms with Crippen molar-refractivity contribution in [1.29, 1.82) is 0 Å². The van der Waals surface area contributed by atoms with Gasteiger partial charge in [0.15, 0.2) is 0 Å². The van der Waals surface area contributed by atoms with Crippen LogP contribution in [0.1, 0.15) is 5.56 Å². The minimum atomic E-state index is -3.79. The first-order valence-electron chi connectivity index (χ1n) is 6.61. The van der Waals surface area contributed by atoms with Gasteiger partial charge in [-0.2, -0.15) is 4.31 Å². The summed E-state index contributed by atoms with van der Waals surface area (Å²) in [7, 11) is -3.79. The van der Waals surface area contributed by atoms with E-state index in [2.05, 4.69) is 4.98 Å². The van der Waals surface area contributed by atoms with Crippen LogP contribution in [0, 0.1) is 6.92 Å². The molecule has 0 unspecified atom stereocenters. The molecule has 0 aliphatic carbocycles. The Hall–Kier alpha value is -1.54. The van der Waals surface area contributed by atoms with Gasteiger partial charge in [-0.05, 0) is 24.6 Å². The topological polar surface area (TPSA) is 90.7 Å². The van der Waals surface area contributed by atoms with E-state index < -0.39 is 22.2 Å². The smallest absolute Gasteiger partial charge is 0.245 e. The van der Waals surface area contributed by atoms with Crippen LogP contribution in [-0.2, 0) is 10.0 Å². The number of aliphatic hydroxyl groups is 2. The molecule has 1 saturated heterocycles. The summed E-state index contributed by atoms with van der Waals surface area (Å²) in [6.45, 7) is 1.68. The Kier molecular flexibility index (Phi) is 3.45. The molecule has 6 nitrogen and oxygen atoms in total. The number of sulfonamides is 1. The SMILES string of the molecule is Cc1cnc2c(S(=O)(=O)N3C[C@@H](O)[C@@H](O)C3)cccc2c1. The van der Waals surface area contributed by atoms with Crippen LogP contribution in [0.2, 0.25) is 0 Å². The van der Waals surface area contributed by atoms with Gasteiger partial charge in [-0.25, -0.2) is 8.42 Å². The van der Waals surface area contributed by atoms with Gasteiger partial charge in [-0.15, -0.1) is 0 Å². The zero-order chi connectivity index (χ0) is 15.2. The van der Waals surface area contributed by atoms with Crippen LogP contribution in [0.3, 0.4) is 0 Å². The average molecular weight is 308 g/mol. The lowest BCUT2D eigenvalue weighted by Crippen LogP contribution is -2.30. The Labute approximate surface area is 122 Å². The van der Waals surface area contributed by atoms with E-state index in [9.17, 15) is 18.6 Å². The fourth-order valence-corrected chi connectivity index (χ4v) is 4.16. The summed E-state index contributed by atoms with van der Waals surface area (Å²) in [6, 6.07) is 6.84. The quantitative estimate of drug-likeness (QED) is 0.831. The van der Waals surface area contributed by atoms with Gasteiger partial charge in [0.25, 0.3) is 0 Å². The summed E-state index contributed by atoms with van der Waals surface area (Å²) in [5.41, 5.74) is 1.35. The third kappa shape index (κ3) is 2.42. The molecule has 2 N–H and O–H groups in total. The molecule has 2 aromatic rings. The number of fused-ring (bicyclic) bond motifs is 1. The highest BCUT2D eigenvalue weighted by Crippen LogP contribution is 2.27. The summed E-state index contributed by atoms with van der Waals surface area (Å²) in [5.74, 6) is 0. The first kappa shape index (κ1) is 14.4. The number of aryl methyl sites for hydroxylation is 1. The molecule has 1 aromatic heterocycles. The monoisotopic (exact) mass is 308 g/mol. The molecule has 0 bridgehead atoms. The largest absolute Gasteiger partial charge is 0.389 e. The zero-order valence-electron chi connectivity index (χ0n) is 11.5. The van der Waals surface area contributed by atoms with Crippen molar-refractivity contribution >= 4 is 20.9 Å². The van der Waals surface area contributed by atoms with Crippen molar-refractivity contribution in [2.24, 2.45) is 0 Å². The van der Waals surface area contributed by atoms with E-state index in [-0.39, 0.29) is 18.0 Å². The number of pyridine rings is 1. The maximum Gasteiger partial charge on any atom is 0.245 e. The average Bonchev–Trinajstić information content (AvgIpc) is 2.78. The summed E-state index contributed by atoms with van der Waals surface area (Å²) in [4.78, 5) is 4.32. The molecule has 2 heterocycles. The van der Waals surface area contributed by atoms with E-state index in [0.29, 0.717) is 5.52 Å². The minimum Gasteiger partial charge on any atom is -0.389 e. The number of benzene rings is 1. The van der Waals surface area contributed by atoms with Gasteiger partial charge < -0.3 is 10.2 Å². The second kappa shape index (κ2) is 5.03. The summed E-state index contributed by atoms with van der Waals surface area (Å²) >= 11 is 0. The van der Waals surface area contributed by atoms with Gasteiger partial charge in [0.2, 0.25) is 10.0 Å². The normalized spacial score (nSPS) is 23.8. The Bertz CT molecular complexity index is 781. The number of aliphatic hydroxyl groups excluding tert-OH is 2. The van der Waals surface area contributed by atoms with Crippen LogP contribution in [0.15, 0.2) is 35.4 Å². The highest BCUT2D eigenvalue weighted by atomic mass is 32.2. The third-order valence-corrected chi connectivity index (χ3v) is 5.52. The van der Waals surface area contributed by atoms with Crippen molar-refractivity contribution in [1.82, 2.24) is 9.29 Å². The van der Waals surface area contributed by atoms with Crippen LogP contribution >= 0.6 is 0 Å². The summed E-state index contributed by atoms with van der Waals surface area (Å²) < 4.78 is 26.5. The molecule has 1 aliphatic rings. The van der Waals surface area contributed by atoms with E-state index in [4.69, 9.17) is 0 Å². The van der Waals surface area contributed by atoms with Gasteiger partial charge in [0.1, 0.15) is 4.90 Å². The van der Waals surface area contributed by atoms with Gasteiger partial charge in [-0.1, -0.05) is 12.1 Å². The Morgan fingerprint density at radius 2 is 1.90 bits per heavy atom. The van der Waals surface area contributed by atoms with Crippen LogP contribution in [0.5, 0.6) is 0 Å². The molecule has 0 spiro atoms. The van der Waals surface area contributed by atoms with E-state index in [1.807, 2.05) is 19.1 Å². The standard InChI is InChI=1S/C14H16N2O4S/c1-9-5-10-3-2-4-13(14(10)15-6-9)21(19,20)16-7-11(17)12(18)8-16/h2-6,11-12,17-18H,7-8H2,1H3/t11-,12+. The number of hydrogen-bond donors (Lipinski definition) is 2. The number of para-hydroxylation sites is 1. The molecule has 21 heavy (non-hydrogen) atoms. The number of β-amino-alcohol motifs (C(OH)–C–C–N with tert-alkyl or cyclic N) is 2. The van der Waals surface area contributed by atoms with Crippen LogP contribution in [-0.4, -0.2) is 53.2 Å². The molecular weight excluding hydrogens is 292 g/mol. The van der Waals surface area contributed by atoms with Crippen molar-refractivity contribution < 1.29 is 18.6 Å². The molecule has 0 saturated carbocycles. The van der Waals surface area contributed by atoms with E-state index in [0.717, 1.165) is 15.3 Å². The molecule has 1 fully saturated rings. The summed E-state index contributed by atoms with van der Waals surface area (Å²) in [5, 5.41) is 19.9. The fraction of sp³-hybridized carbons (Fsp3) is 0.357. The predicted octanol–water partition coefficient (Wildman–Crippen LogP) is 0.269. The van der Waals surface area contributed by atoms with E-state index >= 15 is 0 Å². The number of aromatic nitrogens is 1. The third-order valence-electron chi connectivity index (χ3n) is 3.65. The van der Waals surface area contributed by atoms with Crippen molar-refractivity contribution in [2.45, 2.75) is 24.0 Å². The summed E-state index contributed by atoms with van der Waals surface area (Å²) in [6.07, 6.45) is -0.482. The van der Waals surface area contributed by atoms with Crippen LogP contribution in [0.4, 0.5) is 0 Å². The lowest BCUT2D eigenvalue weighted by molar-refractivity contribution is 0.0572. The first-order valence-corrected chi connectivity index (χ1v) is 8.05. The molecule has 2 atom stereocenters. The molecule has 1 aromatic carbocycles. The number of nitrogens with zero attached hydrogens (tertiary/aromatic N) is 2.